The van der Waals surface area contributed by atoms with E-state index in [4.69, 9.17) is 11.5 Å². The summed E-state index contributed by atoms with van der Waals surface area (Å²) in [5.41, 5.74) is 12.2. The quantitative estimate of drug-likeness (QED) is 0.675. The van der Waals surface area contributed by atoms with Gasteiger partial charge in [0.1, 0.15) is 11.6 Å². The summed E-state index contributed by atoms with van der Waals surface area (Å²) in [4.78, 5) is 16.5. The van der Waals surface area contributed by atoms with E-state index in [-0.39, 0.29) is 17.8 Å². The van der Waals surface area contributed by atoms with Gasteiger partial charge < -0.3 is 11.5 Å². The minimum Gasteiger partial charge on any atom is -0.368 e. The fourth-order valence-electron chi connectivity index (χ4n) is 2.15. The second kappa shape index (κ2) is 6.83. The Kier molecular flexibility index (Phi) is 4.61. The molecule has 0 aliphatic heterocycles. The van der Waals surface area contributed by atoms with E-state index in [1.165, 1.54) is 11.8 Å². The number of nitrogen functional groups attached to an aromatic ring is 2. The van der Waals surface area contributed by atoms with Crippen molar-refractivity contribution in [3.8, 4) is 5.69 Å². The molecule has 0 saturated carbocycles. The Bertz CT molecular complexity index is 810. The van der Waals surface area contributed by atoms with Crippen LogP contribution in [0.25, 0.3) is 5.69 Å². The summed E-state index contributed by atoms with van der Waals surface area (Å²) < 4.78 is 1.86. The van der Waals surface area contributed by atoms with Crippen LogP contribution >= 0.6 is 11.8 Å². The van der Waals surface area contributed by atoms with E-state index < -0.39 is 0 Å². The summed E-state index contributed by atoms with van der Waals surface area (Å²) in [6, 6.07) is 9.93. The van der Waals surface area contributed by atoms with Gasteiger partial charge in [0.25, 0.3) is 0 Å². The summed E-state index contributed by atoms with van der Waals surface area (Å²) >= 11 is 1.43. The van der Waals surface area contributed by atoms with Crippen molar-refractivity contribution in [1.82, 2.24) is 29.7 Å². The average Bonchev–Trinajstić information content (AvgIpc) is 2.97. The number of benzene rings is 1. The SMILES string of the molecule is CC(C)c1nc(SCc2nc(N)nc(N)n2)nn1-c1ccccc1. The molecule has 3 rings (SSSR count). The predicted octanol–water partition coefficient (Wildman–Crippen LogP) is 2.03. The maximum absolute atomic E-state index is 5.59. The molecule has 0 spiro atoms. The zero-order valence-corrected chi connectivity index (χ0v) is 14.2. The van der Waals surface area contributed by atoms with E-state index >= 15 is 0 Å². The first-order valence-electron chi connectivity index (χ1n) is 7.44. The molecule has 3 aromatic rings. The van der Waals surface area contributed by atoms with E-state index in [9.17, 15) is 0 Å². The summed E-state index contributed by atoms with van der Waals surface area (Å²) in [6.07, 6.45) is 0. The molecule has 4 N–H and O–H groups in total. The van der Waals surface area contributed by atoms with Gasteiger partial charge in [-0.15, -0.1) is 5.10 Å². The van der Waals surface area contributed by atoms with E-state index in [1.54, 1.807) is 0 Å². The van der Waals surface area contributed by atoms with Gasteiger partial charge in [0.15, 0.2) is 0 Å². The topological polar surface area (TPSA) is 121 Å². The summed E-state index contributed by atoms with van der Waals surface area (Å²) in [6.45, 7) is 4.18. The third-order valence-electron chi connectivity index (χ3n) is 3.18. The highest BCUT2D eigenvalue weighted by Gasteiger charge is 2.15. The molecular weight excluding hydrogens is 324 g/mol. The van der Waals surface area contributed by atoms with Gasteiger partial charge >= 0.3 is 0 Å². The Balaban J connectivity index is 1.84. The Morgan fingerprint density at radius 1 is 1.00 bits per heavy atom. The van der Waals surface area contributed by atoms with Crippen molar-refractivity contribution in [2.24, 2.45) is 0 Å². The number of nitrogens with two attached hydrogens (primary N) is 2. The number of hydrogen-bond acceptors (Lipinski definition) is 8. The molecule has 0 aliphatic rings. The van der Waals surface area contributed by atoms with Crippen LogP contribution in [0.15, 0.2) is 35.5 Å². The van der Waals surface area contributed by atoms with Gasteiger partial charge in [0, 0.05) is 5.92 Å². The van der Waals surface area contributed by atoms with Crippen molar-refractivity contribution in [1.29, 1.82) is 0 Å². The molecule has 0 aliphatic carbocycles. The number of hydrogen-bond donors (Lipinski definition) is 2. The van der Waals surface area contributed by atoms with Crippen LogP contribution in [0.1, 0.15) is 31.4 Å². The normalized spacial score (nSPS) is 11.1. The molecule has 124 valence electrons. The molecule has 24 heavy (non-hydrogen) atoms. The fourth-order valence-corrected chi connectivity index (χ4v) is 2.83. The highest BCUT2D eigenvalue weighted by molar-refractivity contribution is 7.98. The number of rotatable bonds is 5. The van der Waals surface area contributed by atoms with Crippen molar-refractivity contribution in [2.45, 2.75) is 30.7 Å². The number of nitrogens with zero attached hydrogens (tertiary/aromatic N) is 6. The number of anilines is 2. The van der Waals surface area contributed by atoms with Gasteiger partial charge in [-0.2, -0.15) is 15.0 Å². The first-order valence-corrected chi connectivity index (χ1v) is 8.42. The highest BCUT2D eigenvalue weighted by Crippen LogP contribution is 2.23. The van der Waals surface area contributed by atoms with E-state index in [0.29, 0.717) is 16.7 Å². The maximum Gasteiger partial charge on any atom is 0.225 e. The summed E-state index contributed by atoms with van der Waals surface area (Å²) in [7, 11) is 0. The van der Waals surface area contributed by atoms with E-state index in [2.05, 4.69) is 38.9 Å². The Morgan fingerprint density at radius 2 is 1.67 bits per heavy atom. The summed E-state index contributed by atoms with van der Waals surface area (Å²) in [5.74, 6) is 2.35. The molecule has 1 aromatic carbocycles. The van der Waals surface area contributed by atoms with Gasteiger partial charge in [-0.1, -0.05) is 43.8 Å². The number of aromatic nitrogens is 6. The standard InChI is InChI=1S/C15H18N8S/c1-9(2)12-20-15(22-23(12)10-6-4-3-5-7-10)24-8-11-18-13(16)21-14(17)19-11/h3-7,9H,8H2,1-2H3,(H4,16,17,18,19,21). The molecule has 0 amide bonds. The zero-order chi connectivity index (χ0) is 17.1. The van der Waals surface area contributed by atoms with E-state index in [0.717, 1.165) is 11.5 Å². The molecule has 0 saturated heterocycles. The molecule has 0 fully saturated rings. The average molecular weight is 342 g/mol. The van der Waals surface area contributed by atoms with Crippen LogP contribution in [0.5, 0.6) is 0 Å². The Labute approximate surface area is 143 Å². The van der Waals surface area contributed by atoms with Crippen LogP contribution in [0.3, 0.4) is 0 Å². The van der Waals surface area contributed by atoms with Crippen molar-refractivity contribution >= 4 is 23.7 Å². The lowest BCUT2D eigenvalue weighted by atomic mass is 10.2. The van der Waals surface area contributed by atoms with Crippen LogP contribution < -0.4 is 11.5 Å². The first kappa shape index (κ1) is 16.2. The van der Waals surface area contributed by atoms with E-state index in [1.807, 2.05) is 35.0 Å². The Hall–Kier alpha value is -2.68. The molecule has 0 unspecified atom stereocenters. The van der Waals surface area contributed by atoms with Crippen LogP contribution in [0.4, 0.5) is 11.9 Å². The molecular formula is C15H18N8S. The minimum absolute atomic E-state index is 0.115. The predicted molar refractivity (Wildman–Crippen MR) is 93.7 cm³/mol. The highest BCUT2D eigenvalue weighted by atomic mass is 32.2. The number of thioether (sulfide) groups is 1. The second-order valence-corrected chi connectivity index (χ2v) is 6.35. The molecule has 2 aromatic heterocycles. The molecule has 0 radical (unpaired) electrons. The largest absolute Gasteiger partial charge is 0.368 e. The van der Waals surface area contributed by atoms with Crippen LogP contribution in [-0.4, -0.2) is 29.7 Å². The smallest absolute Gasteiger partial charge is 0.225 e. The third kappa shape index (κ3) is 3.62. The molecule has 2 heterocycles. The van der Waals surface area contributed by atoms with Crippen molar-refractivity contribution in [3.63, 3.8) is 0 Å². The van der Waals surface area contributed by atoms with Gasteiger partial charge in [-0.05, 0) is 12.1 Å². The third-order valence-corrected chi connectivity index (χ3v) is 4.01. The van der Waals surface area contributed by atoms with Crippen LogP contribution in [0.2, 0.25) is 0 Å². The second-order valence-electron chi connectivity index (χ2n) is 5.41. The van der Waals surface area contributed by atoms with Crippen molar-refractivity contribution < 1.29 is 0 Å². The monoisotopic (exact) mass is 342 g/mol. The summed E-state index contributed by atoms with van der Waals surface area (Å²) in [5, 5.41) is 5.25. The van der Waals surface area contributed by atoms with Crippen molar-refractivity contribution in [3.05, 3.63) is 42.0 Å². The lowest BCUT2D eigenvalue weighted by Crippen LogP contribution is -2.06. The lowest BCUT2D eigenvalue weighted by Gasteiger charge is -2.07. The number of para-hydroxylation sites is 1. The Morgan fingerprint density at radius 3 is 2.29 bits per heavy atom. The first-order chi connectivity index (χ1) is 11.5. The van der Waals surface area contributed by atoms with Crippen LogP contribution in [-0.2, 0) is 5.75 Å². The molecule has 8 nitrogen and oxygen atoms in total. The van der Waals surface area contributed by atoms with Gasteiger partial charge in [-0.25, -0.2) is 9.67 Å². The van der Waals surface area contributed by atoms with Crippen LogP contribution in [0, 0.1) is 0 Å². The maximum atomic E-state index is 5.59. The molecule has 9 heteroatoms. The minimum atomic E-state index is 0.115. The zero-order valence-electron chi connectivity index (χ0n) is 13.4. The van der Waals surface area contributed by atoms with Crippen molar-refractivity contribution in [2.75, 3.05) is 11.5 Å². The molecule has 0 bridgehead atoms. The van der Waals surface area contributed by atoms with Gasteiger partial charge in [0.2, 0.25) is 17.1 Å². The van der Waals surface area contributed by atoms with Gasteiger partial charge in [-0.3, -0.25) is 0 Å². The fraction of sp³-hybridized carbons (Fsp3) is 0.267. The molecule has 0 atom stereocenters. The van der Waals surface area contributed by atoms with Gasteiger partial charge in [0.05, 0.1) is 11.4 Å². The lowest BCUT2D eigenvalue weighted by molar-refractivity contribution is 0.712.